The summed E-state index contributed by atoms with van der Waals surface area (Å²) in [6.07, 6.45) is 3.59. The van der Waals surface area contributed by atoms with Crippen molar-refractivity contribution in [1.82, 2.24) is 15.2 Å². The minimum atomic E-state index is -1.43. The summed E-state index contributed by atoms with van der Waals surface area (Å²) in [6.45, 7) is 4.67. The number of aromatic amines is 1. The summed E-state index contributed by atoms with van der Waals surface area (Å²) in [5, 5.41) is 13.9. The normalized spacial score (nSPS) is 17.8. The third-order valence-corrected chi connectivity index (χ3v) is 6.82. The predicted octanol–water partition coefficient (Wildman–Crippen LogP) is 4.70. The number of para-hydroxylation sites is 1. The molecule has 1 aliphatic rings. The number of nitrogens with one attached hydrogen (secondary N) is 2. The highest BCUT2D eigenvalue weighted by molar-refractivity contribution is 5.90. The van der Waals surface area contributed by atoms with Crippen molar-refractivity contribution in [1.29, 1.82) is 0 Å². The van der Waals surface area contributed by atoms with Crippen molar-refractivity contribution in [3.8, 4) is 0 Å². The smallest absolute Gasteiger partial charge is 0.329 e. The highest BCUT2D eigenvalue weighted by atomic mass is 16.4. The molecule has 1 aliphatic heterocycles. The number of aromatic nitrogens is 1. The van der Waals surface area contributed by atoms with E-state index in [-0.39, 0.29) is 6.03 Å². The second-order valence-electron chi connectivity index (χ2n) is 8.62. The lowest BCUT2D eigenvalue weighted by Crippen LogP contribution is -2.59. The van der Waals surface area contributed by atoms with Gasteiger partial charge in [-0.25, -0.2) is 9.59 Å². The molecule has 31 heavy (non-hydrogen) atoms. The third-order valence-electron chi connectivity index (χ3n) is 6.82. The molecule has 3 aromatic rings. The van der Waals surface area contributed by atoms with Crippen LogP contribution in [0.1, 0.15) is 49.7 Å². The molecule has 4 rings (SSSR count). The molecule has 6 heteroatoms. The van der Waals surface area contributed by atoms with Gasteiger partial charge in [-0.15, -0.1) is 0 Å². The summed E-state index contributed by atoms with van der Waals surface area (Å²) in [6, 6.07) is 17.8. The van der Waals surface area contributed by atoms with Crippen molar-refractivity contribution in [3.05, 3.63) is 71.9 Å². The molecule has 1 fully saturated rings. The van der Waals surface area contributed by atoms with Gasteiger partial charge < -0.3 is 20.3 Å². The van der Waals surface area contributed by atoms with Crippen LogP contribution in [-0.2, 0) is 4.79 Å². The van der Waals surface area contributed by atoms with E-state index in [4.69, 9.17) is 0 Å². The largest absolute Gasteiger partial charge is 0.479 e. The number of hydrogen-bond donors (Lipinski definition) is 3. The molecule has 2 amide bonds. The zero-order valence-electron chi connectivity index (χ0n) is 18.0. The molecule has 2 aromatic carbocycles. The molecule has 0 aliphatic carbocycles. The minimum absolute atomic E-state index is 0.317. The highest BCUT2D eigenvalue weighted by Crippen LogP contribution is 2.34. The van der Waals surface area contributed by atoms with Crippen LogP contribution >= 0.6 is 0 Å². The average molecular weight is 420 g/mol. The van der Waals surface area contributed by atoms with Gasteiger partial charge in [-0.05, 0) is 42.9 Å². The second kappa shape index (κ2) is 8.46. The molecule has 0 saturated carbocycles. The number of nitrogens with zero attached hydrogens (tertiary/aromatic N) is 1. The fraction of sp³-hybridized carbons (Fsp3) is 0.360. The van der Waals surface area contributed by atoms with Crippen LogP contribution in [-0.4, -0.2) is 45.6 Å². The lowest BCUT2D eigenvalue weighted by Gasteiger charge is -2.37. The zero-order chi connectivity index (χ0) is 22.0. The Morgan fingerprint density at radius 1 is 1.10 bits per heavy atom. The molecule has 3 N–H and O–H groups in total. The molecular formula is C25H29N3O3. The van der Waals surface area contributed by atoms with Gasteiger partial charge in [0.2, 0.25) is 0 Å². The Hall–Kier alpha value is -3.28. The summed E-state index contributed by atoms with van der Waals surface area (Å²) in [5.74, 6) is -1.04. The number of fused-ring (bicyclic) bond motifs is 1. The lowest BCUT2D eigenvalue weighted by atomic mass is 9.81. The number of H-pyrrole nitrogens is 1. The van der Waals surface area contributed by atoms with E-state index in [0.29, 0.717) is 19.0 Å². The first kappa shape index (κ1) is 21.0. The van der Waals surface area contributed by atoms with Gasteiger partial charge in [0.1, 0.15) is 5.54 Å². The van der Waals surface area contributed by atoms with Crippen LogP contribution in [0.25, 0.3) is 10.9 Å². The number of urea groups is 1. The number of benzene rings is 2. The number of carbonyl (C=O) groups excluding carboxylic acids is 1. The fourth-order valence-electron chi connectivity index (χ4n) is 4.55. The maximum atomic E-state index is 13.0. The number of amides is 2. The first-order valence-corrected chi connectivity index (χ1v) is 10.8. The Balaban J connectivity index is 1.47. The number of carboxylic acids is 1. The summed E-state index contributed by atoms with van der Waals surface area (Å²) >= 11 is 0. The number of likely N-dealkylation sites (tertiary alicyclic amines) is 1. The summed E-state index contributed by atoms with van der Waals surface area (Å²) in [7, 11) is 0. The molecular weight excluding hydrogens is 390 g/mol. The number of hydrogen-bond acceptors (Lipinski definition) is 2. The van der Waals surface area contributed by atoms with Gasteiger partial charge in [-0.2, -0.15) is 0 Å². The van der Waals surface area contributed by atoms with Crippen LogP contribution in [0.3, 0.4) is 0 Å². The van der Waals surface area contributed by atoms with E-state index in [9.17, 15) is 14.7 Å². The predicted molar refractivity (Wildman–Crippen MR) is 121 cm³/mol. The molecule has 0 spiro atoms. The van der Waals surface area contributed by atoms with Crippen LogP contribution in [0.5, 0.6) is 0 Å². The summed E-state index contributed by atoms with van der Waals surface area (Å²) in [5.41, 5.74) is 1.69. The quantitative estimate of drug-likeness (QED) is 0.560. The molecule has 0 radical (unpaired) electrons. The van der Waals surface area contributed by atoms with Crippen molar-refractivity contribution < 1.29 is 14.7 Å². The van der Waals surface area contributed by atoms with Crippen LogP contribution in [0.15, 0.2) is 60.8 Å². The average Bonchev–Trinajstić information content (AvgIpc) is 3.23. The van der Waals surface area contributed by atoms with Crippen molar-refractivity contribution in [2.24, 2.45) is 0 Å². The number of aliphatic carboxylic acids is 1. The molecule has 2 heterocycles. The van der Waals surface area contributed by atoms with Crippen molar-refractivity contribution >= 4 is 22.9 Å². The van der Waals surface area contributed by atoms with E-state index >= 15 is 0 Å². The first-order chi connectivity index (χ1) is 14.9. The number of carbonyl (C=O) groups is 2. The van der Waals surface area contributed by atoms with Gasteiger partial charge in [-0.1, -0.05) is 55.5 Å². The monoisotopic (exact) mass is 419 g/mol. The van der Waals surface area contributed by atoms with Crippen molar-refractivity contribution in [3.63, 3.8) is 0 Å². The van der Waals surface area contributed by atoms with Crippen molar-refractivity contribution in [2.45, 2.75) is 44.1 Å². The third kappa shape index (κ3) is 4.02. The molecule has 2 atom stereocenters. The van der Waals surface area contributed by atoms with Gasteiger partial charge in [0.15, 0.2) is 0 Å². The fourth-order valence-corrected chi connectivity index (χ4v) is 4.55. The van der Waals surface area contributed by atoms with E-state index in [1.165, 1.54) is 5.56 Å². The van der Waals surface area contributed by atoms with E-state index in [1.54, 1.807) is 11.8 Å². The summed E-state index contributed by atoms with van der Waals surface area (Å²) in [4.78, 5) is 30.3. The van der Waals surface area contributed by atoms with Crippen molar-refractivity contribution in [2.75, 3.05) is 13.1 Å². The Morgan fingerprint density at radius 3 is 2.42 bits per heavy atom. The molecule has 0 bridgehead atoms. The Morgan fingerprint density at radius 2 is 1.74 bits per heavy atom. The van der Waals surface area contributed by atoms with Crippen LogP contribution < -0.4 is 5.32 Å². The molecule has 2 unspecified atom stereocenters. The molecule has 162 valence electrons. The maximum absolute atomic E-state index is 13.0. The number of carboxylic acid groups (broad SMARTS) is 1. The van der Waals surface area contributed by atoms with Gasteiger partial charge in [-0.3, -0.25) is 0 Å². The van der Waals surface area contributed by atoms with E-state index < -0.39 is 17.4 Å². The first-order valence-electron chi connectivity index (χ1n) is 10.8. The Kier molecular flexibility index (Phi) is 5.72. The molecule has 1 saturated heterocycles. The lowest BCUT2D eigenvalue weighted by molar-refractivity contribution is -0.144. The van der Waals surface area contributed by atoms with E-state index in [1.807, 2.05) is 55.6 Å². The molecule has 1 aromatic heterocycles. The van der Waals surface area contributed by atoms with Gasteiger partial charge in [0.05, 0.1) is 0 Å². The summed E-state index contributed by atoms with van der Waals surface area (Å²) < 4.78 is 0. The van der Waals surface area contributed by atoms with E-state index in [0.717, 1.165) is 29.3 Å². The van der Waals surface area contributed by atoms with Crippen LogP contribution in [0, 0.1) is 0 Å². The number of rotatable bonds is 5. The van der Waals surface area contributed by atoms with Crippen LogP contribution in [0.2, 0.25) is 0 Å². The zero-order valence-corrected chi connectivity index (χ0v) is 18.0. The van der Waals surface area contributed by atoms with E-state index in [2.05, 4.69) is 22.4 Å². The SMILES string of the molecule is CC(c1c[nH]c2ccccc12)C(C)(NC(=O)N1CCC(c2ccccc2)CC1)C(=O)O. The minimum Gasteiger partial charge on any atom is -0.479 e. The topological polar surface area (TPSA) is 85.4 Å². The Labute approximate surface area is 182 Å². The highest BCUT2D eigenvalue weighted by Gasteiger charge is 2.43. The Bertz CT molecular complexity index is 1070. The number of piperidine rings is 1. The van der Waals surface area contributed by atoms with Gasteiger partial charge in [0, 0.05) is 36.1 Å². The molecule has 6 nitrogen and oxygen atoms in total. The standard InChI is InChI=1S/C25H29N3O3/c1-17(21-16-26-22-11-7-6-10-20(21)22)25(2,23(29)30)27-24(31)28-14-12-19(13-15-28)18-8-4-3-5-9-18/h3-11,16-17,19,26H,12-15H2,1-2H3,(H,27,31)(H,29,30). The second-order valence-corrected chi connectivity index (χ2v) is 8.62. The maximum Gasteiger partial charge on any atom is 0.329 e. The van der Waals surface area contributed by atoms with Crippen LogP contribution in [0.4, 0.5) is 4.79 Å². The van der Waals surface area contributed by atoms with Gasteiger partial charge in [0.25, 0.3) is 0 Å². The van der Waals surface area contributed by atoms with Gasteiger partial charge >= 0.3 is 12.0 Å².